The van der Waals surface area contributed by atoms with Crippen LogP contribution in [0, 0.1) is 5.92 Å². The molecule has 1 aromatic rings. The van der Waals surface area contributed by atoms with Gasteiger partial charge in [-0.05, 0) is 49.9 Å². The molecular formula is C14H20BrN. The van der Waals surface area contributed by atoms with Crippen molar-refractivity contribution in [3.05, 3.63) is 34.3 Å². The van der Waals surface area contributed by atoms with Crippen molar-refractivity contribution in [2.24, 2.45) is 5.92 Å². The van der Waals surface area contributed by atoms with Crippen LogP contribution in [0.1, 0.15) is 32.3 Å². The van der Waals surface area contributed by atoms with E-state index < -0.39 is 0 Å². The quantitative estimate of drug-likeness (QED) is 0.790. The van der Waals surface area contributed by atoms with Crippen LogP contribution in [0.15, 0.2) is 28.7 Å². The minimum atomic E-state index is 0.715. The molecule has 1 heterocycles. The lowest BCUT2D eigenvalue weighted by Gasteiger charge is -2.38. The Balaban J connectivity index is 2.03. The van der Waals surface area contributed by atoms with Gasteiger partial charge in [0.25, 0.3) is 0 Å². The summed E-state index contributed by atoms with van der Waals surface area (Å²) in [4.78, 5) is 2.61. The summed E-state index contributed by atoms with van der Waals surface area (Å²) in [6.45, 7) is 7.07. The zero-order valence-electron chi connectivity index (χ0n) is 10.1. The molecule has 0 aliphatic carbocycles. The second kappa shape index (κ2) is 5.33. The molecule has 0 spiro atoms. The van der Waals surface area contributed by atoms with E-state index >= 15 is 0 Å². The molecule has 16 heavy (non-hydrogen) atoms. The zero-order valence-corrected chi connectivity index (χ0v) is 11.7. The summed E-state index contributed by atoms with van der Waals surface area (Å²) in [6, 6.07) is 9.37. The highest BCUT2D eigenvalue weighted by molar-refractivity contribution is 9.10. The molecule has 1 aromatic carbocycles. The third-order valence-corrected chi connectivity index (χ3v) is 4.27. The van der Waals surface area contributed by atoms with Gasteiger partial charge in [0.05, 0.1) is 0 Å². The Kier molecular flexibility index (Phi) is 4.04. The van der Waals surface area contributed by atoms with Crippen molar-refractivity contribution in [1.82, 2.24) is 4.90 Å². The van der Waals surface area contributed by atoms with Gasteiger partial charge in [0.1, 0.15) is 0 Å². The van der Waals surface area contributed by atoms with Crippen LogP contribution in [0.2, 0.25) is 0 Å². The number of hydrogen-bond acceptors (Lipinski definition) is 1. The molecule has 2 rings (SSSR count). The van der Waals surface area contributed by atoms with Crippen LogP contribution in [0.25, 0.3) is 0 Å². The summed E-state index contributed by atoms with van der Waals surface area (Å²) in [5, 5.41) is 0. The number of benzene rings is 1. The van der Waals surface area contributed by atoms with E-state index in [4.69, 9.17) is 0 Å². The summed E-state index contributed by atoms with van der Waals surface area (Å²) in [7, 11) is 0. The van der Waals surface area contributed by atoms with Crippen molar-refractivity contribution in [2.45, 2.75) is 39.3 Å². The van der Waals surface area contributed by atoms with Gasteiger partial charge in [-0.2, -0.15) is 0 Å². The fourth-order valence-electron chi connectivity index (χ4n) is 2.51. The normalized spacial score (nSPS) is 26.9. The van der Waals surface area contributed by atoms with Gasteiger partial charge in [-0.15, -0.1) is 0 Å². The first kappa shape index (κ1) is 12.1. The van der Waals surface area contributed by atoms with Crippen LogP contribution >= 0.6 is 15.9 Å². The van der Waals surface area contributed by atoms with Gasteiger partial charge in [0.15, 0.2) is 0 Å². The smallest absolute Gasteiger partial charge is 0.0237 e. The molecule has 88 valence electrons. The van der Waals surface area contributed by atoms with Crippen molar-refractivity contribution in [3.63, 3.8) is 0 Å². The van der Waals surface area contributed by atoms with Crippen LogP contribution in [0.3, 0.4) is 0 Å². The van der Waals surface area contributed by atoms with Crippen molar-refractivity contribution in [2.75, 3.05) is 6.54 Å². The Morgan fingerprint density at radius 3 is 2.94 bits per heavy atom. The highest BCUT2D eigenvalue weighted by Gasteiger charge is 2.24. The minimum absolute atomic E-state index is 0.715. The van der Waals surface area contributed by atoms with Crippen LogP contribution in [0.5, 0.6) is 0 Å². The predicted octanol–water partition coefficient (Wildman–Crippen LogP) is 4.07. The van der Waals surface area contributed by atoms with Crippen molar-refractivity contribution >= 4 is 15.9 Å². The lowest BCUT2D eigenvalue weighted by Crippen LogP contribution is -2.41. The Morgan fingerprint density at radius 2 is 2.19 bits per heavy atom. The standard InChI is InChI=1S/C14H20BrN/c1-11-5-4-8-16(12(11)2)10-13-6-3-7-14(15)9-13/h3,6-7,9,11-12H,4-5,8,10H2,1-2H3. The highest BCUT2D eigenvalue weighted by atomic mass is 79.9. The van der Waals surface area contributed by atoms with Gasteiger partial charge in [0, 0.05) is 17.1 Å². The molecule has 0 aromatic heterocycles. The first-order valence-electron chi connectivity index (χ1n) is 6.15. The van der Waals surface area contributed by atoms with E-state index in [0.717, 1.165) is 12.5 Å². The second-order valence-corrected chi connectivity index (χ2v) is 5.88. The van der Waals surface area contributed by atoms with E-state index in [2.05, 4.69) is 58.9 Å². The molecule has 1 saturated heterocycles. The highest BCUT2D eigenvalue weighted by Crippen LogP contribution is 2.25. The van der Waals surface area contributed by atoms with E-state index in [9.17, 15) is 0 Å². The molecule has 2 atom stereocenters. The zero-order chi connectivity index (χ0) is 11.5. The average molecular weight is 282 g/mol. The Bertz CT molecular complexity index is 350. The van der Waals surface area contributed by atoms with Gasteiger partial charge >= 0.3 is 0 Å². The molecule has 2 unspecified atom stereocenters. The molecule has 1 aliphatic rings. The van der Waals surface area contributed by atoms with E-state index in [-0.39, 0.29) is 0 Å². The maximum absolute atomic E-state index is 3.54. The van der Waals surface area contributed by atoms with Crippen molar-refractivity contribution < 1.29 is 0 Å². The number of piperidine rings is 1. The molecule has 1 fully saturated rings. The van der Waals surface area contributed by atoms with E-state index in [1.807, 2.05) is 0 Å². The molecule has 0 saturated carbocycles. The molecule has 2 heteroatoms. The van der Waals surface area contributed by atoms with Crippen LogP contribution in [-0.4, -0.2) is 17.5 Å². The van der Waals surface area contributed by atoms with Crippen molar-refractivity contribution in [3.8, 4) is 0 Å². The van der Waals surface area contributed by atoms with Gasteiger partial charge in [-0.3, -0.25) is 4.90 Å². The molecule has 0 bridgehead atoms. The summed E-state index contributed by atoms with van der Waals surface area (Å²) >= 11 is 3.54. The largest absolute Gasteiger partial charge is 0.296 e. The average Bonchev–Trinajstić information content (AvgIpc) is 2.25. The first-order chi connectivity index (χ1) is 7.66. The number of likely N-dealkylation sites (tertiary alicyclic amines) is 1. The second-order valence-electron chi connectivity index (χ2n) is 4.96. The third-order valence-electron chi connectivity index (χ3n) is 3.78. The maximum Gasteiger partial charge on any atom is 0.0237 e. The third kappa shape index (κ3) is 2.86. The first-order valence-corrected chi connectivity index (χ1v) is 6.94. The SMILES string of the molecule is CC1CCCN(Cc2cccc(Br)c2)C1C. The lowest BCUT2D eigenvalue weighted by atomic mass is 9.92. The summed E-state index contributed by atoms with van der Waals surface area (Å²) in [6.07, 6.45) is 2.73. The number of halogens is 1. The monoisotopic (exact) mass is 281 g/mol. The maximum atomic E-state index is 3.54. The number of hydrogen-bond donors (Lipinski definition) is 0. The van der Waals surface area contributed by atoms with Gasteiger partial charge in [0.2, 0.25) is 0 Å². The fraction of sp³-hybridized carbons (Fsp3) is 0.571. The van der Waals surface area contributed by atoms with Crippen molar-refractivity contribution in [1.29, 1.82) is 0 Å². The Labute approximate surface area is 107 Å². The molecular weight excluding hydrogens is 262 g/mol. The van der Waals surface area contributed by atoms with Gasteiger partial charge in [-0.1, -0.05) is 35.0 Å². The Hall–Kier alpha value is -0.340. The van der Waals surface area contributed by atoms with Gasteiger partial charge < -0.3 is 0 Å². The lowest BCUT2D eigenvalue weighted by molar-refractivity contribution is 0.106. The van der Waals surface area contributed by atoms with E-state index in [1.165, 1.54) is 29.4 Å². The molecule has 0 radical (unpaired) electrons. The predicted molar refractivity (Wildman–Crippen MR) is 72.4 cm³/mol. The van der Waals surface area contributed by atoms with Crippen LogP contribution in [-0.2, 0) is 6.54 Å². The Morgan fingerprint density at radius 1 is 1.38 bits per heavy atom. The number of rotatable bonds is 2. The summed E-state index contributed by atoms with van der Waals surface area (Å²) < 4.78 is 1.18. The van der Waals surface area contributed by atoms with E-state index in [0.29, 0.717) is 6.04 Å². The fourth-order valence-corrected chi connectivity index (χ4v) is 2.96. The number of nitrogens with zero attached hydrogens (tertiary/aromatic N) is 1. The van der Waals surface area contributed by atoms with E-state index in [1.54, 1.807) is 0 Å². The minimum Gasteiger partial charge on any atom is -0.296 e. The molecule has 0 N–H and O–H groups in total. The molecule has 0 amide bonds. The van der Waals surface area contributed by atoms with Gasteiger partial charge in [-0.25, -0.2) is 0 Å². The summed E-state index contributed by atoms with van der Waals surface area (Å²) in [5.74, 6) is 0.834. The molecule has 1 nitrogen and oxygen atoms in total. The topological polar surface area (TPSA) is 3.24 Å². The summed E-state index contributed by atoms with van der Waals surface area (Å²) in [5.41, 5.74) is 1.41. The van der Waals surface area contributed by atoms with Crippen LogP contribution < -0.4 is 0 Å². The molecule has 1 aliphatic heterocycles. The van der Waals surface area contributed by atoms with Crippen LogP contribution in [0.4, 0.5) is 0 Å².